The summed E-state index contributed by atoms with van der Waals surface area (Å²) < 4.78 is 4.99. The molecule has 2 atom stereocenters. The zero-order valence-electron chi connectivity index (χ0n) is 8.72. The van der Waals surface area contributed by atoms with E-state index < -0.39 is 30.0 Å². The molecular formula is C8H15NO6. The van der Waals surface area contributed by atoms with E-state index in [1.165, 1.54) is 0 Å². The van der Waals surface area contributed by atoms with Gasteiger partial charge in [0.1, 0.15) is 0 Å². The fourth-order valence-corrected chi connectivity index (χ4v) is 0.833. The van der Waals surface area contributed by atoms with Crippen molar-refractivity contribution in [1.82, 2.24) is 5.32 Å². The van der Waals surface area contributed by atoms with Gasteiger partial charge in [-0.1, -0.05) is 0 Å². The third kappa shape index (κ3) is 5.87. The molecule has 0 aromatic carbocycles. The number of amides is 1. The summed E-state index contributed by atoms with van der Waals surface area (Å²) in [5.41, 5.74) is -0.801. The van der Waals surface area contributed by atoms with E-state index in [0.717, 1.165) is 0 Å². The number of hydrogen-bond acceptors (Lipinski definition) is 4. The van der Waals surface area contributed by atoms with Gasteiger partial charge in [0.2, 0.25) is 0 Å². The van der Waals surface area contributed by atoms with Gasteiger partial charge < -0.3 is 20.1 Å². The lowest BCUT2D eigenvalue weighted by Gasteiger charge is -2.27. The molecule has 0 bridgehead atoms. The van der Waals surface area contributed by atoms with Crippen molar-refractivity contribution in [2.45, 2.75) is 38.7 Å². The number of aliphatic hydroxyl groups excluding tert-OH is 1. The van der Waals surface area contributed by atoms with Crippen LogP contribution in [-0.2, 0) is 9.53 Å². The molecule has 0 aromatic heterocycles. The van der Waals surface area contributed by atoms with Crippen molar-refractivity contribution in [1.29, 1.82) is 0 Å². The monoisotopic (exact) mass is 221 g/mol. The maximum Gasteiger partial charge on any atom is 0.406 e. The van der Waals surface area contributed by atoms with Crippen LogP contribution in [0.15, 0.2) is 0 Å². The highest BCUT2D eigenvalue weighted by atomic mass is 16.5. The Labute approximate surface area is 86.7 Å². The molecule has 0 aliphatic heterocycles. The smallest absolute Gasteiger partial charge is 0.406 e. The van der Waals surface area contributed by atoms with E-state index in [2.05, 4.69) is 0 Å². The normalized spacial score (nSPS) is 15.5. The Morgan fingerprint density at radius 2 is 1.73 bits per heavy atom. The SMILES string of the molecule is CC(C)(C)OC(C(=O)O)C(O)NC(=O)O. The Hall–Kier alpha value is -1.34. The van der Waals surface area contributed by atoms with Gasteiger partial charge in [-0.25, -0.2) is 9.59 Å². The molecule has 0 saturated heterocycles. The first kappa shape index (κ1) is 13.7. The van der Waals surface area contributed by atoms with Crippen LogP contribution >= 0.6 is 0 Å². The first-order valence-electron chi connectivity index (χ1n) is 4.21. The van der Waals surface area contributed by atoms with Gasteiger partial charge in [0.05, 0.1) is 5.60 Å². The summed E-state index contributed by atoms with van der Waals surface area (Å²) in [6.45, 7) is 4.78. The molecule has 0 aromatic rings. The summed E-state index contributed by atoms with van der Waals surface area (Å²) in [6.07, 6.45) is -4.97. The predicted molar refractivity (Wildman–Crippen MR) is 49.4 cm³/mol. The average molecular weight is 221 g/mol. The van der Waals surface area contributed by atoms with E-state index in [-0.39, 0.29) is 0 Å². The number of carboxylic acids is 1. The van der Waals surface area contributed by atoms with E-state index in [1.54, 1.807) is 26.1 Å². The zero-order valence-corrected chi connectivity index (χ0v) is 8.72. The largest absolute Gasteiger partial charge is 0.479 e. The van der Waals surface area contributed by atoms with Crippen molar-refractivity contribution >= 4 is 12.1 Å². The van der Waals surface area contributed by atoms with Crippen molar-refractivity contribution in [3.63, 3.8) is 0 Å². The maximum atomic E-state index is 10.7. The Morgan fingerprint density at radius 3 is 2.00 bits per heavy atom. The van der Waals surface area contributed by atoms with Crippen molar-refractivity contribution in [3.05, 3.63) is 0 Å². The molecule has 0 aliphatic carbocycles. The summed E-state index contributed by atoms with van der Waals surface area (Å²) in [5.74, 6) is -1.44. The van der Waals surface area contributed by atoms with E-state index in [1.807, 2.05) is 0 Å². The molecule has 88 valence electrons. The summed E-state index contributed by atoms with van der Waals surface area (Å²) in [6, 6.07) is 0. The summed E-state index contributed by atoms with van der Waals surface area (Å²) >= 11 is 0. The number of rotatable bonds is 4. The topological polar surface area (TPSA) is 116 Å². The molecule has 2 unspecified atom stereocenters. The van der Waals surface area contributed by atoms with Crippen molar-refractivity contribution in [2.24, 2.45) is 0 Å². The van der Waals surface area contributed by atoms with Crippen LogP contribution in [0.1, 0.15) is 20.8 Å². The van der Waals surface area contributed by atoms with E-state index in [4.69, 9.17) is 14.9 Å². The number of carbonyl (C=O) groups is 2. The van der Waals surface area contributed by atoms with E-state index in [0.29, 0.717) is 0 Å². The van der Waals surface area contributed by atoms with Gasteiger partial charge in [-0.2, -0.15) is 0 Å². The molecule has 0 rings (SSSR count). The van der Waals surface area contributed by atoms with Gasteiger partial charge >= 0.3 is 12.1 Å². The van der Waals surface area contributed by atoms with Gasteiger partial charge in [0.15, 0.2) is 12.3 Å². The molecule has 7 nitrogen and oxygen atoms in total. The van der Waals surface area contributed by atoms with Crippen molar-refractivity contribution < 1.29 is 29.6 Å². The first-order valence-corrected chi connectivity index (χ1v) is 4.21. The standard InChI is InChI=1S/C8H15NO6/c1-8(2,3)15-4(6(11)12)5(10)9-7(13)14/h4-5,9-10H,1-3H3,(H,11,12)(H,13,14). The molecule has 0 radical (unpaired) electrons. The second-order valence-corrected chi connectivity index (χ2v) is 3.88. The lowest BCUT2D eigenvalue weighted by atomic mass is 10.1. The van der Waals surface area contributed by atoms with Crippen LogP contribution in [0, 0.1) is 0 Å². The van der Waals surface area contributed by atoms with E-state index in [9.17, 15) is 14.7 Å². The maximum absolute atomic E-state index is 10.7. The fraction of sp³-hybridized carbons (Fsp3) is 0.750. The first-order chi connectivity index (χ1) is 6.63. The quantitative estimate of drug-likeness (QED) is 0.490. The number of aliphatic carboxylic acids is 1. The highest BCUT2D eigenvalue weighted by Crippen LogP contribution is 2.12. The van der Waals surface area contributed by atoms with Crippen LogP contribution < -0.4 is 5.32 Å². The lowest BCUT2D eigenvalue weighted by Crippen LogP contribution is -2.50. The summed E-state index contributed by atoms with van der Waals surface area (Å²) in [5, 5.41) is 27.8. The second-order valence-electron chi connectivity index (χ2n) is 3.88. The number of carboxylic acid groups (broad SMARTS) is 2. The average Bonchev–Trinajstić information content (AvgIpc) is 1.96. The Morgan fingerprint density at radius 1 is 1.27 bits per heavy atom. The van der Waals surface area contributed by atoms with Gasteiger partial charge in [-0.05, 0) is 20.8 Å². The molecule has 1 amide bonds. The number of ether oxygens (including phenoxy) is 1. The fourth-order valence-electron chi connectivity index (χ4n) is 0.833. The molecule has 15 heavy (non-hydrogen) atoms. The Balaban J connectivity index is 4.52. The number of hydrogen-bond donors (Lipinski definition) is 4. The highest BCUT2D eigenvalue weighted by Gasteiger charge is 2.32. The minimum absolute atomic E-state index is 0.801. The Kier molecular flexibility index (Phi) is 4.50. The zero-order chi connectivity index (χ0) is 12.2. The molecule has 7 heteroatoms. The molecule has 0 saturated carbocycles. The minimum Gasteiger partial charge on any atom is -0.479 e. The van der Waals surface area contributed by atoms with Gasteiger partial charge in [0, 0.05) is 0 Å². The third-order valence-corrected chi connectivity index (χ3v) is 1.28. The van der Waals surface area contributed by atoms with Gasteiger partial charge in [0.25, 0.3) is 0 Å². The van der Waals surface area contributed by atoms with Crippen molar-refractivity contribution in [2.75, 3.05) is 0 Å². The van der Waals surface area contributed by atoms with E-state index >= 15 is 0 Å². The summed E-state index contributed by atoms with van der Waals surface area (Å²) in [7, 11) is 0. The van der Waals surface area contributed by atoms with Crippen LogP contribution in [0.25, 0.3) is 0 Å². The van der Waals surface area contributed by atoms with Crippen molar-refractivity contribution in [3.8, 4) is 0 Å². The predicted octanol–water partition coefficient (Wildman–Crippen LogP) is -0.159. The molecule has 0 fully saturated rings. The number of aliphatic hydroxyl groups is 1. The van der Waals surface area contributed by atoms with Crippen LogP contribution in [0.2, 0.25) is 0 Å². The molecule has 0 aliphatic rings. The van der Waals surface area contributed by atoms with Crippen LogP contribution in [0.3, 0.4) is 0 Å². The Bertz CT molecular complexity index is 246. The summed E-state index contributed by atoms with van der Waals surface area (Å²) in [4.78, 5) is 20.9. The highest BCUT2D eigenvalue weighted by molar-refractivity contribution is 5.74. The van der Waals surface area contributed by atoms with Crippen LogP contribution in [0.4, 0.5) is 4.79 Å². The molecular weight excluding hydrogens is 206 g/mol. The number of nitrogens with one attached hydrogen (secondary N) is 1. The second kappa shape index (κ2) is 4.94. The molecule has 0 spiro atoms. The van der Waals surface area contributed by atoms with Crippen LogP contribution in [0.5, 0.6) is 0 Å². The van der Waals surface area contributed by atoms with Gasteiger partial charge in [-0.15, -0.1) is 0 Å². The van der Waals surface area contributed by atoms with Gasteiger partial charge in [-0.3, -0.25) is 5.32 Å². The molecule has 4 N–H and O–H groups in total. The lowest BCUT2D eigenvalue weighted by molar-refractivity contribution is -0.173. The minimum atomic E-state index is -1.81. The molecule has 0 heterocycles. The van der Waals surface area contributed by atoms with Crippen LogP contribution in [-0.4, -0.2) is 45.3 Å². The third-order valence-electron chi connectivity index (χ3n) is 1.28.